The monoisotopic (exact) mass is 406 g/mol. The van der Waals surface area contributed by atoms with E-state index in [4.69, 9.17) is 0 Å². The number of aromatic hydroxyl groups is 1. The summed E-state index contributed by atoms with van der Waals surface area (Å²) >= 11 is 0. The van der Waals surface area contributed by atoms with Crippen molar-refractivity contribution >= 4 is 0 Å². The molecule has 0 bridgehead atoms. The van der Waals surface area contributed by atoms with Crippen LogP contribution in [0.25, 0.3) is 0 Å². The van der Waals surface area contributed by atoms with E-state index in [2.05, 4.69) is 67.2 Å². The second-order valence-electron chi connectivity index (χ2n) is 7.47. The Morgan fingerprint density at radius 2 is 1.25 bits per heavy atom. The van der Waals surface area contributed by atoms with E-state index in [1.54, 1.807) is 6.08 Å². The fourth-order valence-corrected chi connectivity index (χ4v) is 2.06. The van der Waals surface area contributed by atoms with Gasteiger partial charge >= 0.3 is 21.7 Å². The van der Waals surface area contributed by atoms with E-state index in [1.807, 2.05) is 19.1 Å². The molecule has 0 aliphatic rings. The molecule has 0 unspecified atom stereocenters. The van der Waals surface area contributed by atoms with Gasteiger partial charge < -0.3 is 29.9 Å². The zero-order chi connectivity index (χ0) is 16.8. The average Bonchev–Trinajstić information content (AvgIpc) is 2.31. The molecule has 136 valence electrons. The van der Waals surface area contributed by atoms with Crippen molar-refractivity contribution in [2.24, 2.45) is 0 Å². The Hall–Kier alpha value is -0.206. The summed E-state index contributed by atoms with van der Waals surface area (Å²) in [4.78, 5) is 0. The van der Waals surface area contributed by atoms with E-state index >= 15 is 0 Å². The van der Waals surface area contributed by atoms with E-state index < -0.39 is 0 Å². The van der Waals surface area contributed by atoms with Crippen molar-refractivity contribution in [2.75, 3.05) is 0 Å². The summed E-state index contributed by atoms with van der Waals surface area (Å²) in [7, 11) is 0. The molecule has 0 radical (unpaired) electrons. The third-order valence-electron chi connectivity index (χ3n) is 3.20. The van der Waals surface area contributed by atoms with E-state index in [1.165, 1.54) is 5.56 Å². The largest absolute Gasteiger partial charge is 2.00 e. The predicted molar refractivity (Wildman–Crippen MR) is 95.3 cm³/mol. The fraction of sp³-hybridized carbons (Fsp3) is 0.500. The van der Waals surface area contributed by atoms with E-state index in [0.717, 1.165) is 11.1 Å². The molecule has 1 aromatic rings. The van der Waals surface area contributed by atoms with Crippen LogP contribution < -0.4 is 24.8 Å². The average molecular weight is 407 g/mol. The van der Waals surface area contributed by atoms with Crippen LogP contribution >= 0.6 is 0 Å². The molecule has 0 heterocycles. The van der Waals surface area contributed by atoms with Gasteiger partial charge in [0.25, 0.3) is 0 Å². The molecule has 1 rings (SSSR count). The molecule has 1 aromatic carbocycles. The molecule has 4 heteroatoms. The van der Waals surface area contributed by atoms with Gasteiger partial charge in [-0.1, -0.05) is 84.0 Å². The standard InChI is InChI=1S/C15H24O.C5H8.2ClH.Ti/c1-10-8-11(14(2,3)4)13(16)12(9-10)15(5,6)7;1-3-5-4-2;;;/h8-9,16H,1-7H3;3-5H,1H2,2H3;2*1H;/q;;;;+2/p-2. The van der Waals surface area contributed by atoms with Crippen molar-refractivity contribution in [1.29, 1.82) is 0 Å². The van der Waals surface area contributed by atoms with Crippen LogP contribution in [-0.4, -0.2) is 5.11 Å². The molecular weight excluding hydrogens is 375 g/mol. The minimum Gasteiger partial charge on any atom is -1.00 e. The number of aryl methyl sites for hydroxylation is 1. The Kier molecular flexibility index (Phi) is 17.2. The van der Waals surface area contributed by atoms with Crippen LogP contribution in [0.5, 0.6) is 5.75 Å². The Balaban J connectivity index is -0.000000221. The number of benzene rings is 1. The number of rotatable bonds is 1. The van der Waals surface area contributed by atoms with Crippen LogP contribution in [-0.2, 0) is 32.5 Å². The molecule has 1 N–H and O–H groups in total. The Bertz CT molecular complexity index is 474. The fourth-order valence-electron chi connectivity index (χ4n) is 2.06. The number of phenols is 1. The van der Waals surface area contributed by atoms with Crippen molar-refractivity contribution in [2.45, 2.75) is 66.2 Å². The smallest absolute Gasteiger partial charge is 1.00 e. The summed E-state index contributed by atoms with van der Waals surface area (Å²) in [6.07, 6.45) is 5.58. The van der Waals surface area contributed by atoms with Gasteiger partial charge in [-0.15, -0.1) is 0 Å². The second kappa shape index (κ2) is 13.1. The molecule has 0 fully saturated rings. The van der Waals surface area contributed by atoms with Crippen LogP contribution in [0, 0.1) is 6.92 Å². The first-order valence-corrected chi connectivity index (χ1v) is 7.53. The quantitative estimate of drug-likeness (QED) is 0.516. The van der Waals surface area contributed by atoms with Crippen LogP contribution in [0.15, 0.2) is 36.9 Å². The summed E-state index contributed by atoms with van der Waals surface area (Å²) < 4.78 is 0. The number of hydrogen-bond acceptors (Lipinski definition) is 1. The van der Waals surface area contributed by atoms with Gasteiger partial charge in [0.15, 0.2) is 0 Å². The summed E-state index contributed by atoms with van der Waals surface area (Å²) in [5, 5.41) is 10.4. The minimum absolute atomic E-state index is 0. The summed E-state index contributed by atoms with van der Waals surface area (Å²) in [5.41, 5.74) is 3.26. The maximum Gasteiger partial charge on any atom is 2.00 e. The molecule has 0 aromatic heterocycles. The second-order valence-corrected chi connectivity index (χ2v) is 7.47. The molecule has 0 atom stereocenters. The molecule has 0 saturated carbocycles. The molecule has 0 saturated heterocycles. The van der Waals surface area contributed by atoms with E-state index in [9.17, 15) is 5.11 Å². The molecule has 0 aliphatic heterocycles. The van der Waals surface area contributed by atoms with Gasteiger partial charge in [-0.2, -0.15) is 0 Å². The van der Waals surface area contributed by atoms with Gasteiger partial charge in [-0.05, 0) is 35.8 Å². The Morgan fingerprint density at radius 3 is 1.42 bits per heavy atom. The molecule has 0 spiro atoms. The zero-order valence-corrected chi connectivity index (χ0v) is 19.4. The maximum absolute atomic E-state index is 10.4. The van der Waals surface area contributed by atoms with Crippen LogP contribution in [0.1, 0.15) is 65.2 Å². The Morgan fingerprint density at radius 1 is 0.917 bits per heavy atom. The van der Waals surface area contributed by atoms with Gasteiger partial charge in [-0.3, -0.25) is 0 Å². The van der Waals surface area contributed by atoms with Crippen LogP contribution in [0.4, 0.5) is 0 Å². The zero-order valence-electron chi connectivity index (χ0n) is 16.3. The Labute approximate surface area is 176 Å². The van der Waals surface area contributed by atoms with Gasteiger partial charge in [-0.25, -0.2) is 0 Å². The third-order valence-corrected chi connectivity index (χ3v) is 3.20. The molecule has 1 nitrogen and oxygen atoms in total. The van der Waals surface area contributed by atoms with Crippen molar-refractivity contribution < 1.29 is 51.6 Å². The van der Waals surface area contributed by atoms with Crippen molar-refractivity contribution in [3.63, 3.8) is 0 Å². The maximum atomic E-state index is 10.4. The number of halogens is 2. The molecule has 24 heavy (non-hydrogen) atoms. The topological polar surface area (TPSA) is 20.2 Å². The minimum atomic E-state index is -0.0178. The van der Waals surface area contributed by atoms with E-state index in [0.29, 0.717) is 5.75 Å². The molecular formula is C20H32Cl2OTi. The first-order chi connectivity index (χ1) is 9.45. The predicted octanol–water partition coefficient (Wildman–Crippen LogP) is 0.0496. The number of phenolic OH excluding ortho intramolecular Hbond substituents is 1. The summed E-state index contributed by atoms with van der Waals surface area (Å²) in [6, 6.07) is 4.18. The van der Waals surface area contributed by atoms with Crippen molar-refractivity contribution in [3.05, 3.63) is 53.6 Å². The SMILES string of the molecule is C=CC=CC.Cc1cc(C(C)(C)C)c(O)c(C(C)(C)C)c1.[Cl-].[Cl-].[Ti+2]. The van der Waals surface area contributed by atoms with Gasteiger partial charge in [0.2, 0.25) is 0 Å². The van der Waals surface area contributed by atoms with Crippen LogP contribution in [0.2, 0.25) is 0 Å². The normalized spacial score (nSPS) is 10.5. The third kappa shape index (κ3) is 10.6. The summed E-state index contributed by atoms with van der Waals surface area (Å²) in [5.74, 6) is 0.464. The van der Waals surface area contributed by atoms with Gasteiger partial charge in [0, 0.05) is 0 Å². The molecule has 0 amide bonds. The van der Waals surface area contributed by atoms with Gasteiger partial charge in [0.05, 0.1) is 0 Å². The first kappa shape index (κ1) is 31.6. The number of allylic oxidation sites excluding steroid dienone is 3. The van der Waals surface area contributed by atoms with Gasteiger partial charge in [0.1, 0.15) is 5.75 Å². The first-order valence-electron chi connectivity index (χ1n) is 7.53. The van der Waals surface area contributed by atoms with Crippen molar-refractivity contribution in [3.8, 4) is 5.75 Å². The van der Waals surface area contributed by atoms with E-state index in [-0.39, 0.29) is 57.4 Å². The molecule has 0 aliphatic carbocycles. The number of hydrogen-bond donors (Lipinski definition) is 1. The van der Waals surface area contributed by atoms with Crippen molar-refractivity contribution in [1.82, 2.24) is 0 Å². The van der Waals surface area contributed by atoms with Crippen LogP contribution in [0.3, 0.4) is 0 Å². The summed E-state index contributed by atoms with van der Waals surface area (Å²) in [6.45, 7) is 20.3.